The maximum absolute atomic E-state index is 6.35. The van der Waals surface area contributed by atoms with E-state index in [9.17, 15) is 0 Å². The van der Waals surface area contributed by atoms with Gasteiger partial charge < -0.3 is 16.0 Å². The predicted octanol–water partition coefficient (Wildman–Crippen LogP) is 4.26. The lowest BCUT2D eigenvalue weighted by Crippen LogP contribution is -2.45. The van der Waals surface area contributed by atoms with Crippen molar-refractivity contribution in [2.45, 2.75) is 57.5 Å². The number of para-hydroxylation sites is 1. The third-order valence-corrected chi connectivity index (χ3v) is 5.44. The van der Waals surface area contributed by atoms with Crippen LogP contribution < -0.4 is 11.1 Å². The Hall–Kier alpha value is -2.40. The van der Waals surface area contributed by atoms with Crippen LogP contribution in [0.25, 0.3) is 22.2 Å². The van der Waals surface area contributed by atoms with Crippen LogP contribution >= 0.6 is 0 Å². The highest BCUT2D eigenvalue weighted by Crippen LogP contribution is 2.31. The molecule has 0 bridgehead atoms. The number of fused-ring (bicyclic) bond motifs is 1. The molecule has 0 spiro atoms. The van der Waals surface area contributed by atoms with Crippen LogP contribution in [0.3, 0.4) is 0 Å². The van der Waals surface area contributed by atoms with E-state index in [2.05, 4.69) is 47.3 Å². The number of aromatic amines is 1. The molecule has 1 fully saturated rings. The highest BCUT2D eigenvalue weighted by Gasteiger charge is 2.28. The number of aryl methyl sites for hydroxylation is 1. The first-order valence-corrected chi connectivity index (χ1v) is 9.53. The van der Waals surface area contributed by atoms with Crippen LogP contribution in [0.5, 0.6) is 0 Å². The Labute approximate surface area is 154 Å². The Morgan fingerprint density at radius 3 is 3.00 bits per heavy atom. The zero-order valence-corrected chi connectivity index (χ0v) is 15.5. The zero-order valence-electron chi connectivity index (χ0n) is 15.5. The fourth-order valence-corrected chi connectivity index (χ4v) is 4.06. The molecule has 4 rings (SSSR count). The van der Waals surface area contributed by atoms with Gasteiger partial charge in [0.05, 0.1) is 5.69 Å². The summed E-state index contributed by atoms with van der Waals surface area (Å²) < 4.78 is 0. The number of nitrogens with two attached hydrogens (primary N) is 1. The SMILES string of the molecule is CCc1cnc(NC2CCCC(C)(N)C2)nc1-c1c[nH]c2ccccc12. The number of anilines is 1. The van der Waals surface area contributed by atoms with Gasteiger partial charge in [-0.3, -0.25) is 0 Å². The number of aromatic nitrogens is 3. The largest absolute Gasteiger partial charge is 0.360 e. The molecule has 26 heavy (non-hydrogen) atoms. The molecule has 0 radical (unpaired) electrons. The second-order valence-corrected chi connectivity index (χ2v) is 7.76. The van der Waals surface area contributed by atoms with E-state index in [1.807, 2.05) is 18.5 Å². The second kappa shape index (κ2) is 6.72. The number of benzene rings is 1. The average Bonchev–Trinajstić information content (AvgIpc) is 3.05. The van der Waals surface area contributed by atoms with E-state index in [0.717, 1.165) is 54.4 Å². The highest BCUT2D eigenvalue weighted by molar-refractivity contribution is 5.95. The summed E-state index contributed by atoms with van der Waals surface area (Å²) in [6.07, 6.45) is 9.21. The molecule has 5 heteroatoms. The van der Waals surface area contributed by atoms with Crippen LogP contribution in [-0.4, -0.2) is 26.5 Å². The summed E-state index contributed by atoms with van der Waals surface area (Å²) in [5.41, 5.74) is 10.7. The fraction of sp³-hybridized carbons (Fsp3) is 0.429. The number of hydrogen-bond donors (Lipinski definition) is 3. The Morgan fingerprint density at radius 2 is 2.19 bits per heavy atom. The zero-order chi connectivity index (χ0) is 18.1. The van der Waals surface area contributed by atoms with Crippen LogP contribution in [0.4, 0.5) is 5.95 Å². The van der Waals surface area contributed by atoms with E-state index >= 15 is 0 Å². The quantitative estimate of drug-likeness (QED) is 0.657. The smallest absolute Gasteiger partial charge is 0.223 e. The van der Waals surface area contributed by atoms with Crippen LogP contribution in [0.15, 0.2) is 36.7 Å². The van der Waals surface area contributed by atoms with Gasteiger partial charge in [0.15, 0.2) is 0 Å². The van der Waals surface area contributed by atoms with E-state index in [0.29, 0.717) is 12.0 Å². The van der Waals surface area contributed by atoms with Gasteiger partial charge >= 0.3 is 0 Å². The predicted molar refractivity (Wildman–Crippen MR) is 107 cm³/mol. The van der Waals surface area contributed by atoms with E-state index in [1.54, 1.807) is 0 Å². The number of nitrogens with one attached hydrogen (secondary N) is 2. The Bertz CT molecular complexity index is 912. The Balaban J connectivity index is 1.68. The minimum Gasteiger partial charge on any atom is -0.360 e. The summed E-state index contributed by atoms with van der Waals surface area (Å²) in [7, 11) is 0. The molecule has 0 saturated heterocycles. The first kappa shape index (κ1) is 17.0. The molecule has 1 aliphatic rings. The van der Waals surface area contributed by atoms with Crippen molar-refractivity contribution in [2.24, 2.45) is 5.73 Å². The van der Waals surface area contributed by atoms with Gasteiger partial charge in [-0.25, -0.2) is 9.97 Å². The first-order valence-electron chi connectivity index (χ1n) is 9.53. The average molecular weight is 349 g/mol. The van der Waals surface area contributed by atoms with Gasteiger partial charge in [-0.2, -0.15) is 0 Å². The summed E-state index contributed by atoms with van der Waals surface area (Å²) in [6.45, 7) is 4.28. The molecule has 2 aromatic heterocycles. The van der Waals surface area contributed by atoms with Crippen molar-refractivity contribution < 1.29 is 0 Å². The minimum absolute atomic E-state index is 0.0983. The van der Waals surface area contributed by atoms with Crippen molar-refractivity contribution >= 4 is 16.9 Å². The highest BCUT2D eigenvalue weighted by atomic mass is 15.1. The van der Waals surface area contributed by atoms with Crippen LogP contribution in [-0.2, 0) is 6.42 Å². The monoisotopic (exact) mass is 349 g/mol. The third kappa shape index (κ3) is 3.31. The number of nitrogens with zero attached hydrogens (tertiary/aromatic N) is 2. The summed E-state index contributed by atoms with van der Waals surface area (Å²) >= 11 is 0. The maximum Gasteiger partial charge on any atom is 0.223 e. The molecule has 2 unspecified atom stereocenters. The van der Waals surface area contributed by atoms with E-state index in [-0.39, 0.29) is 5.54 Å². The number of H-pyrrole nitrogens is 1. The van der Waals surface area contributed by atoms with Crippen LogP contribution in [0.2, 0.25) is 0 Å². The molecular weight excluding hydrogens is 322 g/mol. The molecule has 1 aromatic carbocycles. The van der Waals surface area contributed by atoms with Gasteiger partial charge in [-0.1, -0.05) is 25.1 Å². The van der Waals surface area contributed by atoms with Crippen molar-refractivity contribution in [3.8, 4) is 11.3 Å². The van der Waals surface area contributed by atoms with Crippen molar-refractivity contribution in [3.63, 3.8) is 0 Å². The van der Waals surface area contributed by atoms with Gasteiger partial charge in [-0.15, -0.1) is 0 Å². The van der Waals surface area contributed by atoms with Gasteiger partial charge in [0.1, 0.15) is 0 Å². The van der Waals surface area contributed by atoms with Crippen molar-refractivity contribution in [1.29, 1.82) is 0 Å². The van der Waals surface area contributed by atoms with Gasteiger partial charge in [0.2, 0.25) is 5.95 Å². The number of hydrogen-bond acceptors (Lipinski definition) is 4. The normalized spacial score (nSPS) is 23.3. The Morgan fingerprint density at radius 1 is 1.35 bits per heavy atom. The molecule has 1 aliphatic carbocycles. The number of rotatable bonds is 4. The van der Waals surface area contributed by atoms with Crippen LogP contribution in [0.1, 0.15) is 45.1 Å². The lowest BCUT2D eigenvalue weighted by Gasteiger charge is -2.35. The van der Waals surface area contributed by atoms with Gasteiger partial charge in [0.25, 0.3) is 0 Å². The molecule has 0 amide bonds. The summed E-state index contributed by atoms with van der Waals surface area (Å²) in [5.74, 6) is 0.699. The fourth-order valence-electron chi connectivity index (χ4n) is 4.06. The molecule has 4 N–H and O–H groups in total. The molecule has 5 nitrogen and oxygen atoms in total. The molecule has 136 valence electrons. The third-order valence-electron chi connectivity index (χ3n) is 5.44. The summed E-state index contributed by atoms with van der Waals surface area (Å²) in [4.78, 5) is 12.8. The Kier molecular flexibility index (Phi) is 4.41. The summed E-state index contributed by atoms with van der Waals surface area (Å²) in [5, 5.41) is 4.72. The molecule has 3 aromatic rings. The van der Waals surface area contributed by atoms with E-state index in [1.165, 1.54) is 5.39 Å². The molecule has 2 heterocycles. The van der Waals surface area contributed by atoms with Gasteiger partial charge in [-0.05, 0) is 50.7 Å². The van der Waals surface area contributed by atoms with E-state index in [4.69, 9.17) is 10.7 Å². The van der Waals surface area contributed by atoms with Crippen LogP contribution in [0, 0.1) is 0 Å². The molecule has 2 atom stereocenters. The molecular formula is C21H27N5. The maximum atomic E-state index is 6.35. The molecule has 1 saturated carbocycles. The lowest BCUT2D eigenvalue weighted by molar-refractivity contribution is 0.302. The van der Waals surface area contributed by atoms with Crippen molar-refractivity contribution in [1.82, 2.24) is 15.0 Å². The van der Waals surface area contributed by atoms with Crippen molar-refractivity contribution in [2.75, 3.05) is 5.32 Å². The van der Waals surface area contributed by atoms with Gasteiger partial charge in [0, 0.05) is 40.4 Å². The first-order chi connectivity index (χ1) is 12.6. The molecule has 0 aliphatic heterocycles. The van der Waals surface area contributed by atoms with Crippen molar-refractivity contribution in [3.05, 3.63) is 42.2 Å². The summed E-state index contributed by atoms with van der Waals surface area (Å²) in [6, 6.07) is 8.67. The standard InChI is InChI=1S/C21H27N5/c1-3-14-12-24-20(25-15-7-6-10-21(2,22)11-15)26-19(14)17-13-23-18-9-5-4-8-16(17)18/h4-5,8-9,12-13,15,23H,3,6-7,10-11,22H2,1-2H3,(H,24,25,26). The van der Waals surface area contributed by atoms with E-state index < -0.39 is 0 Å². The minimum atomic E-state index is -0.0983. The second-order valence-electron chi connectivity index (χ2n) is 7.76. The topological polar surface area (TPSA) is 79.6 Å². The lowest BCUT2D eigenvalue weighted by atomic mass is 9.81.